The quantitative estimate of drug-likeness (QED) is 0.119. The Bertz CT molecular complexity index is 2120. The number of allylic oxidation sites excluding steroid dienone is 2. The van der Waals surface area contributed by atoms with Gasteiger partial charge in [0.1, 0.15) is 11.6 Å². The molecule has 7 heteroatoms. The molecule has 3 aromatic carbocycles. The van der Waals surface area contributed by atoms with Crippen LogP contribution in [-0.4, -0.2) is 26.4 Å². The van der Waals surface area contributed by atoms with Gasteiger partial charge in [0, 0.05) is 46.5 Å². The molecule has 0 amide bonds. The minimum absolute atomic E-state index is 0. The molecule has 0 saturated heterocycles. The maximum Gasteiger partial charge on any atom is 2.00 e. The number of aromatic nitrogens is 4. The van der Waals surface area contributed by atoms with E-state index in [4.69, 9.17) is 14.6 Å². The number of hydrogen-bond acceptors (Lipinski definition) is 4. The van der Waals surface area contributed by atoms with Crippen molar-refractivity contribution in [1.82, 2.24) is 19.3 Å². The van der Waals surface area contributed by atoms with E-state index in [-0.39, 0.29) is 21.1 Å². The topological polar surface area (TPSA) is 54.1 Å². The van der Waals surface area contributed by atoms with Crippen molar-refractivity contribution in [2.24, 2.45) is 5.92 Å². The van der Waals surface area contributed by atoms with E-state index >= 15 is 0 Å². The predicted octanol–water partition coefficient (Wildman–Crippen LogP) is 9.96. The van der Waals surface area contributed by atoms with Gasteiger partial charge in [-0.05, 0) is 61.7 Å². The summed E-state index contributed by atoms with van der Waals surface area (Å²) >= 11 is 0. The van der Waals surface area contributed by atoms with E-state index in [9.17, 15) is 0 Å². The monoisotopic (exact) mass is 803 g/mol. The Morgan fingerprint density at radius 1 is 0.936 bits per heavy atom. The average molecular weight is 804 g/mol. The first-order chi connectivity index (χ1) is 22.2. The summed E-state index contributed by atoms with van der Waals surface area (Å²) in [6, 6.07) is 27.4. The molecule has 3 heterocycles. The molecule has 7 rings (SSSR count). The zero-order chi connectivity index (χ0) is 32.1. The fraction of sp³-hybridized carbons (Fsp3) is 0.300. The molecule has 0 bridgehead atoms. The third-order valence-corrected chi connectivity index (χ3v) is 9.31. The van der Waals surface area contributed by atoms with Gasteiger partial charge in [0.05, 0.1) is 12.8 Å². The maximum atomic E-state index is 6.53. The maximum absolute atomic E-state index is 6.53. The first-order valence-corrected chi connectivity index (χ1v) is 16.2. The van der Waals surface area contributed by atoms with Crippen molar-refractivity contribution in [1.29, 1.82) is 0 Å². The van der Waals surface area contributed by atoms with Gasteiger partial charge in [0.15, 0.2) is 0 Å². The molecule has 0 N–H and O–H groups in total. The molecule has 0 spiro atoms. The standard InChI is InChI=1S/C40H40N4O2.Pt/c1-24(2)40-39(38-26(4)11-10-12-27(38)5)28(6)42-44(40)29-19-25(3)20-32(21-29)46-31-15-16-34-33-13-8-9-14-35(33)43(36(34)22-31)37-23-30(45-7)17-18-41-37;/h8-9,11,13-20,23-24,27,38H,10,12H2,1-7H3;/q-2;+2/t27-,38?;/m0./s1. The molecule has 1 aliphatic carbocycles. The molecule has 242 valence electrons. The van der Waals surface area contributed by atoms with Crippen molar-refractivity contribution in [2.45, 2.75) is 66.2 Å². The van der Waals surface area contributed by atoms with E-state index in [2.05, 4.69) is 104 Å². The Morgan fingerprint density at radius 3 is 2.51 bits per heavy atom. The van der Waals surface area contributed by atoms with Gasteiger partial charge in [-0.2, -0.15) is 16.7 Å². The largest absolute Gasteiger partial charge is 2.00 e. The molecule has 0 fully saturated rings. The Labute approximate surface area is 291 Å². The Balaban J connectivity index is 0.00000386. The Hall–Kier alpha value is -4.15. The fourth-order valence-electron chi connectivity index (χ4n) is 7.28. The van der Waals surface area contributed by atoms with Crippen molar-refractivity contribution in [3.63, 3.8) is 0 Å². The summed E-state index contributed by atoms with van der Waals surface area (Å²) in [5.74, 6) is 3.98. The van der Waals surface area contributed by atoms with Crippen LogP contribution in [0.1, 0.15) is 74.9 Å². The van der Waals surface area contributed by atoms with E-state index < -0.39 is 0 Å². The molecule has 1 unspecified atom stereocenters. The third-order valence-electron chi connectivity index (χ3n) is 9.31. The first kappa shape index (κ1) is 32.8. The van der Waals surface area contributed by atoms with Gasteiger partial charge in [0.2, 0.25) is 0 Å². The Kier molecular flexibility index (Phi) is 9.18. The van der Waals surface area contributed by atoms with Gasteiger partial charge in [-0.25, -0.2) is 4.98 Å². The number of hydrogen-bond donors (Lipinski definition) is 0. The van der Waals surface area contributed by atoms with Gasteiger partial charge in [-0.3, -0.25) is 4.68 Å². The van der Waals surface area contributed by atoms with E-state index in [1.807, 2.05) is 30.3 Å². The van der Waals surface area contributed by atoms with Crippen molar-refractivity contribution in [3.8, 4) is 28.8 Å². The van der Waals surface area contributed by atoms with Gasteiger partial charge in [-0.15, -0.1) is 35.7 Å². The van der Waals surface area contributed by atoms with E-state index in [0.717, 1.165) is 56.7 Å². The van der Waals surface area contributed by atoms with Crippen LogP contribution >= 0.6 is 0 Å². The summed E-state index contributed by atoms with van der Waals surface area (Å²) in [5.41, 5.74) is 9.04. The van der Waals surface area contributed by atoms with Gasteiger partial charge in [0.25, 0.3) is 0 Å². The van der Waals surface area contributed by atoms with Crippen LogP contribution in [0.25, 0.3) is 33.3 Å². The summed E-state index contributed by atoms with van der Waals surface area (Å²) < 4.78 is 16.3. The minimum Gasteiger partial charge on any atom is -0.509 e. The Morgan fingerprint density at radius 2 is 1.74 bits per heavy atom. The second-order valence-electron chi connectivity index (χ2n) is 12.9. The van der Waals surface area contributed by atoms with Crippen LogP contribution in [0.3, 0.4) is 0 Å². The van der Waals surface area contributed by atoms with Gasteiger partial charge in [-0.1, -0.05) is 63.1 Å². The van der Waals surface area contributed by atoms with Crippen molar-refractivity contribution < 1.29 is 30.5 Å². The summed E-state index contributed by atoms with van der Waals surface area (Å²) in [7, 11) is 1.67. The number of rotatable bonds is 7. The minimum atomic E-state index is 0. The van der Waals surface area contributed by atoms with Crippen LogP contribution in [0.15, 0.2) is 78.5 Å². The second-order valence-corrected chi connectivity index (χ2v) is 12.9. The third kappa shape index (κ3) is 5.93. The molecule has 6 nitrogen and oxygen atoms in total. The number of fused-ring (bicyclic) bond motifs is 3. The molecule has 0 aliphatic heterocycles. The molecule has 3 aromatic heterocycles. The molecule has 0 saturated carbocycles. The second kappa shape index (κ2) is 13.2. The van der Waals surface area contributed by atoms with Crippen LogP contribution in [-0.2, 0) is 21.1 Å². The summed E-state index contributed by atoms with van der Waals surface area (Å²) in [5, 5.41) is 7.33. The molecule has 2 atom stereocenters. The average Bonchev–Trinajstić information content (AvgIpc) is 3.55. The number of ether oxygens (including phenoxy) is 2. The molecule has 6 aromatic rings. The van der Waals surface area contributed by atoms with Crippen molar-refractivity contribution >= 4 is 21.8 Å². The predicted molar refractivity (Wildman–Crippen MR) is 185 cm³/mol. The van der Waals surface area contributed by atoms with Crippen LogP contribution in [0.5, 0.6) is 17.2 Å². The molecule has 1 aliphatic rings. The number of pyridine rings is 1. The summed E-state index contributed by atoms with van der Waals surface area (Å²) in [4.78, 5) is 4.68. The van der Waals surface area contributed by atoms with E-state index in [0.29, 0.717) is 29.3 Å². The normalized spacial score (nSPS) is 16.4. The number of aryl methyl sites for hydroxylation is 2. The number of nitrogens with zero attached hydrogens (tertiary/aromatic N) is 4. The summed E-state index contributed by atoms with van der Waals surface area (Å²) in [6.07, 6.45) is 6.53. The summed E-state index contributed by atoms with van der Waals surface area (Å²) in [6.45, 7) is 13.4. The zero-order valence-electron chi connectivity index (χ0n) is 28.0. The zero-order valence-corrected chi connectivity index (χ0v) is 30.3. The van der Waals surface area contributed by atoms with Gasteiger partial charge >= 0.3 is 21.1 Å². The van der Waals surface area contributed by atoms with Crippen molar-refractivity contribution in [3.05, 3.63) is 113 Å². The smallest absolute Gasteiger partial charge is 0.509 e. The molecular formula is C40H40N4O2Pt. The van der Waals surface area contributed by atoms with Crippen molar-refractivity contribution in [2.75, 3.05) is 7.11 Å². The SMILES string of the molecule is COc1ccnc(-n2c3[c-]c(Oc4[c-]c(-n5nc(C)c(C6C(C)=CCC[C@@H]6C)c5C(C)C)cc(C)c4)ccc3c3ccccc32)c1.[Pt+2]. The van der Waals surface area contributed by atoms with Crippen LogP contribution in [0, 0.1) is 31.9 Å². The number of methoxy groups -OCH3 is 1. The van der Waals surface area contributed by atoms with Crippen LogP contribution in [0.2, 0.25) is 0 Å². The molecule has 0 radical (unpaired) electrons. The van der Waals surface area contributed by atoms with Crippen LogP contribution < -0.4 is 9.47 Å². The number of para-hydroxylation sites is 1. The molecule has 47 heavy (non-hydrogen) atoms. The number of benzene rings is 3. The first-order valence-electron chi connectivity index (χ1n) is 16.2. The van der Waals surface area contributed by atoms with Gasteiger partial charge < -0.3 is 14.0 Å². The van der Waals surface area contributed by atoms with E-state index in [1.165, 1.54) is 23.3 Å². The van der Waals surface area contributed by atoms with Crippen LogP contribution in [0.4, 0.5) is 0 Å². The fourth-order valence-corrected chi connectivity index (χ4v) is 7.28. The van der Waals surface area contributed by atoms with E-state index in [1.54, 1.807) is 13.3 Å². The molecular weight excluding hydrogens is 764 g/mol.